The summed E-state index contributed by atoms with van der Waals surface area (Å²) in [6.07, 6.45) is 0. The Labute approximate surface area is 166 Å². The van der Waals surface area contributed by atoms with Crippen LogP contribution in [0.25, 0.3) is 0 Å². The van der Waals surface area contributed by atoms with Crippen molar-refractivity contribution in [3.63, 3.8) is 0 Å². The average molecular weight is 367 g/mol. The highest BCUT2D eigenvalue weighted by Crippen LogP contribution is 2.58. The summed E-state index contributed by atoms with van der Waals surface area (Å²) in [5.74, 6) is 0.750. The van der Waals surface area contributed by atoms with Gasteiger partial charge in [-0.3, -0.25) is 4.79 Å². The van der Waals surface area contributed by atoms with Crippen molar-refractivity contribution in [1.82, 2.24) is 0 Å². The molecule has 0 aliphatic heterocycles. The molecule has 2 unspecified atom stereocenters. The van der Waals surface area contributed by atoms with Gasteiger partial charge in [0.2, 0.25) is 5.91 Å². The van der Waals surface area contributed by atoms with E-state index in [1.807, 2.05) is 6.07 Å². The summed E-state index contributed by atoms with van der Waals surface area (Å²) >= 11 is 0. The number of carbonyl (C=O) groups excluding carboxylic acids is 1. The van der Waals surface area contributed by atoms with Crippen molar-refractivity contribution in [2.24, 2.45) is 11.8 Å². The van der Waals surface area contributed by atoms with Crippen LogP contribution in [-0.2, 0) is 4.79 Å². The zero-order valence-corrected chi connectivity index (χ0v) is 16.6. The van der Waals surface area contributed by atoms with Gasteiger partial charge in [0.25, 0.3) is 0 Å². The fourth-order valence-corrected chi connectivity index (χ4v) is 5.51. The molecule has 2 bridgehead atoms. The first-order valence-corrected chi connectivity index (χ1v) is 10.1. The maximum absolute atomic E-state index is 13.5. The van der Waals surface area contributed by atoms with E-state index in [0.717, 1.165) is 11.3 Å². The van der Waals surface area contributed by atoms with Crippen molar-refractivity contribution in [1.29, 1.82) is 0 Å². The molecule has 0 heterocycles. The summed E-state index contributed by atoms with van der Waals surface area (Å²) in [4.78, 5) is 13.5. The predicted octanol–water partition coefficient (Wildman–Crippen LogP) is 5.79. The van der Waals surface area contributed by atoms with Crippen LogP contribution < -0.4 is 5.32 Å². The predicted molar refractivity (Wildman–Crippen MR) is 114 cm³/mol. The van der Waals surface area contributed by atoms with E-state index in [4.69, 9.17) is 0 Å². The molecule has 1 amide bonds. The minimum absolute atomic E-state index is 0.0597. The van der Waals surface area contributed by atoms with E-state index < -0.39 is 0 Å². The number of anilines is 1. The first kappa shape index (κ1) is 17.2. The van der Waals surface area contributed by atoms with Gasteiger partial charge >= 0.3 is 0 Å². The fourth-order valence-electron chi connectivity index (χ4n) is 5.51. The lowest BCUT2D eigenvalue weighted by atomic mass is 9.54. The van der Waals surface area contributed by atoms with Crippen molar-refractivity contribution in [2.75, 3.05) is 5.32 Å². The maximum atomic E-state index is 13.5. The molecule has 0 saturated carbocycles. The second-order valence-corrected chi connectivity index (χ2v) is 8.41. The molecule has 28 heavy (non-hydrogen) atoms. The van der Waals surface area contributed by atoms with Crippen molar-refractivity contribution in [2.45, 2.75) is 32.6 Å². The Morgan fingerprint density at radius 2 is 1.32 bits per heavy atom. The van der Waals surface area contributed by atoms with Crippen LogP contribution in [0, 0.1) is 25.7 Å². The molecule has 6 rings (SSSR count). The topological polar surface area (TPSA) is 29.1 Å². The van der Waals surface area contributed by atoms with E-state index in [1.165, 1.54) is 27.8 Å². The summed E-state index contributed by atoms with van der Waals surface area (Å²) in [6, 6.07) is 23.6. The third kappa shape index (κ3) is 2.44. The van der Waals surface area contributed by atoms with E-state index in [-0.39, 0.29) is 29.6 Å². The number of nitrogens with one attached hydrogen (secondary N) is 1. The van der Waals surface area contributed by atoms with E-state index in [1.54, 1.807) is 0 Å². The standard InChI is InChI=1S/C26H25NO/c1-15-12-13-22(16(2)14-15)27-26(28)24-17(3)23-18-8-4-6-10-20(18)25(24)21-11-7-5-9-19(21)23/h4-14,17,23-25H,1-3H3,(H,27,28). The van der Waals surface area contributed by atoms with Gasteiger partial charge in [-0.25, -0.2) is 0 Å². The fraction of sp³-hybridized carbons (Fsp3) is 0.269. The van der Waals surface area contributed by atoms with E-state index in [2.05, 4.69) is 86.8 Å². The van der Waals surface area contributed by atoms with Crippen LogP contribution in [0.4, 0.5) is 5.69 Å². The van der Waals surface area contributed by atoms with Gasteiger partial charge in [0, 0.05) is 17.5 Å². The second kappa shape index (κ2) is 6.34. The van der Waals surface area contributed by atoms with Crippen LogP contribution in [0.1, 0.15) is 52.1 Å². The molecule has 0 aromatic heterocycles. The van der Waals surface area contributed by atoms with Crippen LogP contribution in [0.3, 0.4) is 0 Å². The summed E-state index contributed by atoms with van der Waals surface area (Å²) in [6.45, 7) is 6.38. The number of carbonyl (C=O) groups is 1. The van der Waals surface area contributed by atoms with Gasteiger partial charge in [-0.1, -0.05) is 73.2 Å². The molecule has 3 aliphatic rings. The smallest absolute Gasteiger partial charge is 0.228 e. The first-order valence-electron chi connectivity index (χ1n) is 10.1. The summed E-state index contributed by atoms with van der Waals surface area (Å²) in [5, 5.41) is 3.25. The van der Waals surface area contributed by atoms with Gasteiger partial charge in [0.15, 0.2) is 0 Å². The first-order chi connectivity index (χ1) is 13.6. The molecular weight excluding hydrogens is 342 g/mol. The van der Waals surface area contributed by atoms with Gasteiger partial charge in [-0.15, -0.1) is 0 Å². The molecule has 1 N–H and O–H groups in total. The number of fused-ring (bicyclic) bond motifs is 1. The van der Waals surface area contributed by atoms with E-state index in [0.29, 0.717) is 0 Å². The lowest BCUT2D eigenvalue weighted by Gasteiger charge is -2.49. The molecule has 2 heteroatoms. The molecule has 0 saturated heterocycles. The van der Waals surface area contributed by atoms with Crippen molar-refractivity contribution < 1.29 is 4.79 Å². The summed E-state index contributed by atoms with van der Waals surface area (Å²) < 4.78 is 0. The lowest BCUT2D eigenvalue weighted by molar-refractivity contribution is -0.122. The van der Waals surface area contributed by atoms with Gasteiger partial charge in [-0.05, 0) is 53.6 Å². The second-order valence-electron chi connectivity index (χ2n) is 8.41. The third-order valence-electron chi connectivity index (χ3n) is 6.73. The normalized spacial score (nSPS) is 24.4. The Morgan fingerprint density at radius 3 is 1.86 bits per heavy atom. The number of amides is 1. The molecule has 3 aromatic rings. The molecule has 2 nitrogen and oxygen atoms in total. The van der Waals surface area contributed by atoms with Crippen LogP contribution in [0.15, 0.2) is 66.7 Å². The lowest BCUT2D eigenvalue weighted by Crippen LogP contribution is -2.44. The van der Waals surface area contributed by atoms with Gasteiger partial charge in [0.1, 0.15) is 0 Å². The molecular formula is C26H25NO. The Bertz CT molecular complexity index is 1040. The zero-order chi connectivity index (χ0) is 19.4. The summed E-state index contributed by atoms with van der Waals surface area (Å²) in [5.41, 5.74) is 8.69. The number of hydrogen-bond donors (Lipinski definition) is 1. The molecule has 0 spiro atoms. The average Bonchev–Trinajstić information content (AvgIpc) is 2.70. The van der Waals surface area contributed by atoms with E-state index >= 15 is 0 Å². The molecule has 140 valence electrons. The van der Waals surface area contributed by atoms with Gasteiger partial charge < -0.3 is 5.32 Å². The Balaban J connectivity index is 1.59. The SMILES string of the molecule is Cc1ccc(NC(=O)C2C3c4ccccc4C(c4ccccc43)C2C)c(C)c1. The number of benzene rings is 3. The largest absolute Gasteiger partial charge is 0.326 e. The van der Waals surface area contributed by atoms with Crippen LogP contribution in [0.2, 0.25) is 0 Å². The molecule has 3 aromatic carbocycles. The number of aryl methyl sites for hydroxylation is 2. The summed E-state index contributed by atoms with van der Waals surface area (Å²) in [7, 11) is 0. The third-order valence-corrected chi connectivity index (χ3v) is 6.73. The maximum Gasteiger partial charge on any atom is 0.228 e. The highest BCUT2D eigenvalue weighted by atomic mass is 16.1. The molecule has 0 fully saturated rings. The van der Waals surface area contributed by atoms with Gasteiger partial charge in [-0.2, -0.15) is 0 Å². The van der Waals surface area contributed by atoms with Gasteiger partial charge in [0.05, 0.1) is 5.92 Å². The minimum atomic E-state index is -0.0597. The Kier molecular flexibility index (Phi) is 3.90. The van der Waals surface area contributed by atoms with Crippen molar-refractivity contribution >= 4 is 11.6 Å². The van der Waals surface area contributed by atoms with E-state index in [9.17, 15) is 4.79 Å². The number of hydrogen-bond acceptors (Lipinski definition) is 1. The Morgan fingerprint density at radius 1 is 0.786 bits per heavy atom. The molecule has 3 aliphatic carbocycles. The highest BCUT2D eigenvalue weighted by molar-refractivity contribution is 5.95. The van der Waals surface area contributed by atoms with Crippen LogP contribution in [0.5, 0.6) is 0 Å². The minimum Gasteiger partial charge on any atom is -0.326 e. The molecule has 0 radical (unpaired) electrons. The van der Waals surface area contributed by atoms with Crippen molar-refractivity contribution in [3.8, 4) is 0 Å². The molecule has 2 atom stereocenters. The monoisotopic (exact) mass is 367 g/mol. The van der Waals surface area contributed by atoms with Crippen LogP contribution >= 0.6 is 0 Å². The zero-order valence-electron chi connectivity index (χ0n) is 16.6. The number of rotatable bonds is 2. The van der Waals surface area contributed by atoms with Crippen molar-refractivity contribution in [3.05, 3.63) is 100 Å². The Hall–Kier alpha value is -2.87. The highest BCUT2D eigenvalue weighted by Gasteiger charge is 2.50. The quantitative estimate of drug-likeness (QED) is 0.611. The van der Waals surface area contributed by atoms with Crippen LogP contribution in [-0.4, -0.2) is 5.91 Å².